The van der Waals surface area contributed by atoms with E-state index in [0.717, 1.165) is 31.7 Å². The van der Waals surface area contributed by atoms with Gasteiger partial charge in [0.15, 0.2) is 0 Å². The lowest BCUT2D eigenvalue weighted by molar-refractivity contribution is -0.125. The first-order valence-electron chi connectivity index (χ1n) is 7.82. The Bertz CT molecular complexity index is 425. The number of carbonyl (C=O) groups excluding carboxylic acids is 1. The molecule has 0 radical (unpaired) electrons. The van der Waals surface area contributed by atoms with Crippen LogP contribution in [-0.4, -0.2) is 51.2 Å². The Labute approximate surface area is 133 Å². The molecule has 124 valence electrons. The molecule has 0 fully saturated rings. The van der Waals surface area contributed by atoms with Crippen LogP contribution in [0.1, 0.15) is 24.9 Å². The molecule has 0 bridgehead atoms. The van der Waals surface area contributed by atoms with Gasteiger partial charge < -0.3 is 20.7 Å². The van der Waals surface area contributed by atoms with Gasteiger partial charge in [0.25, 0.3) is 0 Å². The number of benzene rings is 1. The summed E-state index contributed by atoms with van der Waals surface area (Å²) in [6, 6.07) is 9.47. The molecule has 2 unspecified atom stereocenters. The van der Waals surface area contributed by atoms with Crippen molar-refractivity contribution in [2.24, 2.45) is 11.7 Å². The summed E-state index contributed by atoms with van der Waals surface area (Å²) >= 11 is 0. The minimum atomic E-state index is -0.273. The molecule has 0 spiro atoms. The molecule has 3 N–H and O–H groups in total. The monoisotopic (exact) mass is 307 g/mol. The second kappa shape index (κ2) is 10.3. The molecule has 5 nitrogen and oxygen atoms in total. The van der Waals surface area contributed by atoms with E-state index in [4.69, 9.17) is 10.5 Å². The molecule has 0 saturated heterocycles. The van der Waals surface area contributed by atoms with Gasteiger partial charge in [-0.15, -0.1) is 0 Å². The topological polar surface area (TPSA) is 67.6 Å². The van der Waals surface area contributed by atoms with E-state index in [1.807, 2.05) is 37.3 Å². The van der Waals surface area contributed by atoms with Gasteiger partial charge in [-0.3, -0.25) is 4.79 Å². The molecular formula is C17H29N3O2. The highest BCUT2D eigenvalue weighted by atomic mass is 16.5. The summed E-state index contributed by atoms with van der Waals surface area (Å²) < 4.78 is 5.03. The van der Waals surface area contributed by atoms with Gasteiger partial charge >= 0.3 is 0 Å². The maximum absolute atomic E-state index is 12.1. The second-order valence-corrected chi connectivity index (χ2v) is 5.67. The van der Waals surface area contributed by atoms with Crippen molar-refractivity contribution in [1.82, 2.24) is 10.2 Å². The average Bonchev–Trinajstić information content (AvgIpc) is 2.56. The van der Waals surface area contributed by atoms with Crippen molar-refractivity contribution in [3.05, 3.63) is 35.9 Å². The molecule has 0 aliphatic heterocycles. The zero-order chi connectivity index (χ0) is 16.4. The van der Waals surface area contributed by atoms with Gasteiger partial charge in [-0.05, 0) is 25.6 Å². The summed E-state index contributed by atoms with van der Waals surface area (Å²) in [5.41, 5.74) is 7.15. The smallest absolute Gasteiger partial charge is 0.224 e. The molecule has 0 aliphatic rings. The van der Waals surface area contributed by atoms with Crippen LogP contribution in [0.15, 0.2) is 30.3 Å². The number of hydrogen-bond donors (Lipinski definition) is 2. The Hall–Kier alpha value is -1.43. The highest BCUT2D eigenvalue weighted by molar-refractivity contribution is 5.79. The van der Waals surface area contributed by atoms with Crippen LogP contribution < -0.4 is 11.1 Å². The number of hydrogen-bond acceptors (Lipinski definition) is 4. The van der Waals surface area contributed by atoms with Crippen molar-refractivity contribution in [2.45, 2.75) is 19.4 Å². The Morgan fingerprint density at radius 2 is 2.00 bits per heavy atom. The highest BCUT2D eigenvalue weighted by Gasteiger charge is 2.21. The van der Waals surface area contributed by atoms with Gasteiger partial charge in [-0.2, -0.15) is 0 Å². The molecule has 22 heavy (non-hydrogen) atoms. The molecule has 1 aromatic rings. The Morgan fingerprint density at radius 1 is 1.32 bits per heavy atom. The minimum absolute atomic E-state index is 0.0101. The molecule has 1 aromatic carbocycles. The summed E-state index contributed by atoms with van der Waals surface area (Å²) in [6.45, 7) is 5.11. The molecule has 0 heterocycles. The fourth-order valence-corrected chi connectivity index (χ4v) is 2.21. The quantitative estimate of drug-likeness (QED) is 0.641. The summed E-state index contributed by atoms with van der Waals surface area (Å²) in [6.07, 6.45) is 0.916. The predicted octanol–water partition coefficient (Wildman–Crippen LogP) is 1.41. The van der Waals surface area contributed by atoms with Crippen LogP contribution in [0.25, 0.3) is 0 Å². The van der Waals surface area contributed by atoms with E-state index in [-0.39, 0.29) is 17.9 Å². The maximum atomic E-state index is 12.1. The summed E-state index contributed by atoms with van der Waals surface area (Å²) in [5.74, 6) is -0.232. The van der Waals surface area contributed by atoms with E-state index in [2.05, 4.69) is 17.3 Å². The molecular weight excluding hydrogens is 278 g/mol. The van der Waals surface area contributed by atoms with Crippen LogP contribution in [-0.2, 0) is 9.53 Å². The van der Waals surface area contributed by atoms with E-state index in [1.165, 1.54) is 0 Å². The molecule has 0 aliphatic carbocycles. The Balaban J connectivity index is 2.27. The van der Waals surface area contributed by atoms with E-state index in [0.29, 0.717) is 6.54 Å². The van der Waals surface area contributed by atoms with Crippen molar-refractivity contribution in [2.75, 3.05) is 40.4 Å². The first-order chi connectivity index (χ1) is 10.6. The third-order valence-electron chi connectivity index (χ3n) is 3.83. The molecule has 0 saturated carbocycles. The zero-order valence-electron chi connectivity index (χ0n) is 13.9. The van der Waals surface area contributed by atoms with Crippen LogP contribution in [0.3, 0.4) is 0 Å². The lowest BCUT2D eigenvalue weighted by atomic mass is 9.95. The Morgan fingerprint density at radius 3 is 2.64 bits per heavy atom. The zero-order valence-corrected chi connectivity index (χ0v) is 13.9. The van der Waals surface area contributed by atoms with Crippen LogP contribution in [0, 0.1) is 5.92 Å². The fraction of sp³-hybridized carbons (Fsp3) is 0.588. The third-order valence-corrected chi connectivity index (χ3v) is 3.83. The molecule has 2 atom stereocenters. The van der Waals surface area contributed by atoms with Crippen molar-refractivity contribution in [1.29, 1.82) is 0 Å². The lowest BCUT2D eigenvalue weighted by Gasteiger charge is -2.20. The highest BCUT2D eigenvalue weighted by Crippen LogP contribution is 2.18. The summed E-state index contributed by atoms with van der Waals surface area (Å²) in [7, 11) is 3.75. The van der Waals surface area contributed by atoms with Gasteiger partial charge in [0.1, 0.15) is 0 Å². The van der Waals surface area contributed by atoms with Crippen LogP contribution >= 0.6 is 0 Å². The fourth-order valence-electron chi connectivity index (χ4n) is 2.21. The predicted molar refractivity (Wildman–Crippen MR) is 89.5 cm³/mol. The largest absolute Gasteiger partial charge is 0.383 e. The molecule has 1 amide bonds. The first kappa shape index (κ1) is 18.6. The maximum Gasteiger partial charge on any atom is 0.224 e. The normalized spacial score (nSPS) is 13.9. The van der Waals surface area contributed by atoms with E-state index in [9.17, 15) is 4.79 Å². The molecule has 0 aromatic heterocycles. The summed E-state index contributed by atoms with van der Waals surface area (Å²) in [4.78, 5) is 14.3. The second-order valence-electron chi connectivity index (χ2n) is 5.67. The Kier molecular flexibility index (Phi) is 8.74. The van der Waals surface area contributed by atoms with Gasteiger partial charge in [0.05, 0.1) is 12.5 Å². The van der Waals surface area contributed by atoms with Gasteiger partial charge in [0.2, 0.25) is 5.91 Å². The van der Waals surface area contributed by atoms with E-state index in [1.54, 1.807) is 7.11 Å². The number of rotatable bonds is 10. The van der Waals surface area contributed by atoms with Gasteiger partial charge in [0, 0.05) is 26.2 Å². The van der Waals surface area contributed by atoms with E-state index < -0.39 is 0 Å². The van der Waals surface area contributed by atoms with Crippen molar-refractivity contribution in [3.8, 4) is 0 Å². The minimum Gasteiger partial charge on any atom is -0.383 e. The number of methoxy groups -OCH3 is 1. The van der Waals surface area contributed by atoms with Crippen LogP contribution in [0.5, 0.6) is 0 Å². The van der Waals surface area contributed by atoms with Crippen molar-refractivity contribution in [3.63, 3.8) is 0 Å². The number of carbonyl (C=O) groups is 1. The number of likely N-dealkylation sites (N-methyl/N-ethyl adjacent to an activating group) is 1. The molecule has 5 heteroatoms. The summed E-state index contributed by atoms with van der Waals surface area (Å²) in [5, 5.41) is 2.97. The van der Waals surface area contributed by atoms with Crippen LogP contribution in [0.4, 0.5) is 0 Å². The first-order valence-corrected chi connectivity index (χ1v) is 7.82. The average molecular weight is 307 g/mol. The van der Waals surface area contributed by atoms with Crippen molar-refractivity contribution >= 4 is 5.91 Å². The number of nitrogens with zero attached hydrogens (tertiary/aromatic N) is 1. The molecule has 1 rings (SSSR count). The third kappa shape index (κ3) is 6.56. The van der Waals surface area contributed by atoms with Gasteiger partial charge in [-0.25, -0.2) is 0 Å². The number of ether oxygens (including phenoxy) is 1. The SMILES string of the molecule is COCCN(C)CCCNC(=O)C(C)C(N)c1ccccc1. The standard InChI is InChI=1S/C17H29N3O2/c1-14(16(18)15-8-5-4-6-9-15)17(21)19-10-7-11-20(2)12-13-22-3/h4-6,8-9,14,16H,7,10-13,18H2,1-3H3,(H,19,21). The number of amides is 1. The number of nitrogens with two attached hydrogens (primary N) is 1. The lowest BCUT2D eigenvalue weighted by Crippen LogP contribution is -2.37. The van der Waals surface area contributed by atoms with Gasteiger partial charge in [-0.1, -0.05) is 37.3 Å². The van der Waals surface area contributed by atoms with E-state index >= 15 is 0 Å². The number of nitrogens with one attached hydrogen (secondary N) is 1. The van der Waals surface area contributed by atoms with Crippen LogP contribution in [0.2, 0.25) is 0 Å². The van der Waals surface area contributed by atoms with Crippen molar-refractivity contribution < 1.29 is 9.53 Å².